The number of likely N-dealkylation sites (tertiary alicyclic amines) is 1. The van der Waals surface area contributed by atoms with Gasteiger partial charge in [0.15, 0.2) is 0 Å². The summed E-state index contributed by atoms with van der Waals surface area (Å²) in [6.45, 7) is 7.15. The Bertz CT molecular complexity index is 629. The highest BCUT2D eigenvalue weighted by atomic mass is 16.6. The van der Waals surface area contributed by atoms with E-state index in [1.54, 1.807) is 20.8 Å². The molecule has 1 heterocycles. The highest BCUT2D eigenvalue weighted by Gasteiger charge is 2.61. The van der Waals surface area contributed by atoms with Gasteiger partial charge in [0.2, 0.25) is 11.8 Å². The lowest BCUT2D eigenvalue weighted by Gasteiger charge is -2.26. The quantitative estimate of drug-likeness (QED) is 0.625. The maximum Gasteiger partial charge on any atom is 0.408 e. The molecular formula is C18H29N3O6. The number of rotatable bonds is 6. The van der Waals surface area contributed by atoms with E-state index in [1.807, 2.05) is 6.92 Å². The van der Waals surface area contributed by atoms with Gasteiger partial charge in [-0.3, -0.25) is 9.59 Å². The van der Waals surface area contributed by atoms with Gasteiger partial charge in [-0.2, -0.15) is 0 Å². The van der Waals surface area contributed by atoms with Crippen LogP contribution in [0.15, 0.2) is 0 Å². The second-order valence-electron chi connectivity index (χ2n) is 8.18. The van der Waals surface area contributed by atoms with E-state index >= 15 is 0 Å². The molecule has 3 atom stereocenters. The maximum atomic E-state index is 12.6. The Balaban J connectivity index is 1.92. The van der Waals surface area contributed by atoms with Crippen LogP contribution >= 0.6 is 0 Å². The molecule has 1 saturated carbocycles. The average Bonchev–Trinajstić information content (AvgIpc) is 3.04. The molecule has 152 valence electrons. The predicted octanol–water partition coefficient (Wildman–Crippen LogP) is 0.872. The summed E-state index contributed by atoms with van der Waals surface area (Å²) in [5.74, 6) is -1.97. The van der Waals surface area contributed by atoms with Crippen molar-refractivity contribution in [2.24, 2.45) is 5.92 Å². The molecule has 9 heteroatoms. The Morgan fingerprint density at radius 1 is 1.26 bits per heavy atom. The zero-order chi connectivity index (χ0) is 20.4. The van der Waals surface area contributed by atoms with E-state index in [1.165, 1.54) is 4.90 Å². The van der Waals surface area contributed by atoms with Crippen molar-refractivity contribution in [3.05, 3.63) is 0 Å². The zero-order valence-electron chi connectivity index (χ0n) is 16.3. The molecule has 1 aliphatic heterocycles. The molecule has 0 aromatic rings. The molecule has 2 fully saturated rings. The predicted molar refractivity (Wildman–Crippen MR) is 95.9 cm³/mol. The van der Waals surface area contributed by atoms with E-state index in [2.05, 4.69) is 10.6 Å². The Kier molecular flexibility index (Phi) is 6.01. The third-order valence-corrected chi connectivity index (χ3v) is 4.98. The number of carbonyl (C=O) groups excluding carboxylic acids is 3. The third-order valence-electron chi connectivity index (χ3n) is 4.98. The Morgan fingerprint density at radius 3 is 2.44 bits per heavy atom. The molecule has 1 aliphatic carbocycles. The van der Waals surface area contributed by atoms with Crippen LogP contribution in [0.4, 0.5) is 4.79 Å². The molecule has 0 aromatic heterocycles. The molecule has 2 aliphatic rings. The Labute approximate surface area is 158 Å². The minimum atomic E-state index is -1.21. The van der Waals surface area contributed by atoms with Crippen molar-refractivity contribution in [1.29, 1.82) is 0 Å². The van der Waals surface area contributed by atoms with Gasteiger partial charge in [-0.25, -0.2) is 9.59 Å². The minimum absolute atomic E-state index is 0.0849. The van der Waals surface area contributed by atoms with E-state index in [4.69, 9.17) is 4.74 Å². The number of nitrogens with one attached hydrogen (secondary N) is 2. The Morgan fingerprint density at radius 2 is 1.93 bits per heavy atom. The SMILES string of the molecule is CCC1CC1(NC(=O)C1CCCN1C(=O)CNC(=O)OC(C)(C)C)C(=O)O. The van der Waals surface area contributed by atoms with Gasteiger partial charge in [-0.15, -0.1) is 0 Å². The molecule has 3 N–H and O–H groups in total. The largest absolute Gasteiger partial charge is 0.479 e. The van der Waals surface area contributed by atoms with E-state index in [-0.39, 0.29) is 12.5 Å². The molecule has 0 spiro atoms. The summed E-state index contributed by atoms with van der Waals surface area (Å²) in [6.07, 6.45) is 1.49. The highest BCUT2D eigenvalue weighted by Crippen LogP contribution is 2.46. The van der Waals surface area contributed by atoms with Gasteiger partial charge in [0.1, 0.15) is 23.7 Å². The molecule has 9 nitrogen and oxygen atoms in total. The van der Waals surface area contributed by atoms with Crippen molar-refractivity contribution >= 4 is 23.9 Å². The molecule has 3 amide bonds. The molecule has 0 aromatic carbocycles. The zero-order valence-corrected chi connectivity index (χ0v) is 16.3. The first-order valence-electron chi connectivity index (χ1n) is 9.32. The summed E-state index contributed by atoms with van der Waals surface area (Å²) < 4.78 is 5.08. The van der Waals surface area contributed by atoms with Crippen LogP contribution in [-0.2, 0) is 19.1 Å². The lowest BCUT2D eigenvalue weighted by Crippen LogP contribution is -2.54. The van der Waals surface area contributed by atoms with Gasteiger partial charge >= 0.3 is 12.1 Å². The number of hydrogen-bond donors (Lipinski definition) is 3. The van der Waals surface area contributed by atoms with Crippen LogP contribution in [0, 0.1) is 5.92 Å². The summed E-state index contributed by atoms with van der Waals surface area (Å²) in [7, 11) is 0. The van der Waals surface area contributed by atoms with Crippen LogP contribution in [0.3, 0.4) is 0 Å². The van der Waals surface area contributed by atoms with Gasteiger partial charge < -0.3 is 25.4 Å². The van der Waals surface area contributed by atoms with Crippen molar-refractivity contribution in [2.45, 2.75) is 70.6 Å². The number of nitrogens with zero attached hydrogens (tertiary/aromatic N) is 1. The minimum Gasteiger partial charge on any atom is -0.479 e. The molecule has 2 rings (SSSR count). The second-order valence-corrected chi connectivity index (χ2v) is 8.18. The van der Waals surface area contributed by atoms with Crippen LogP contribution in [0.25, 0.3) is 0 Å². The van der Waals surface area contributed by atoms with Crippen LogP contribution in [0.5, 0.6) is 0 Å². The summed E-state index contributed by atoms with van der Waals surface area (Å²) in [5.41, 5.74) is -1.88. The normalized spacial score (nSPS) is 27.0. The molecular weight excluding hydrogens is 354 g/mol. The first-order chi connectivity index (χ1) is 12.5. The maximum absolute atomic E-state index is 12.6. The van der Waals surface area contributed by atoms with Gasteiger partial charge in [0.05, 0.1) is 0 Å². The fourth-order valence-electron chi connectivity index (χ4n) is 3.50. The number of ether oxygens (including phenoxy) is 1. The first kappa shape index (κ1) is 21.0. The summed E-state index contributed by atoms with van der Waals surface area (Å²) in [5, 5.41) is 14.5. The van der Waals surface area contributed by atoms with E-state index in [9.17, 15) is 24.3 Å². The number of carboxylic acid groups (broad SMARTS) is 1. The standard InChI is InChI=1S/C18H29N3O6/c1-5-11-9-18(11,15(24)25)20-14(23)12-7-6-8-21(12)13(22)10-19-16(26)27-17(2,3)4/h11-12H,5-10H2,1-4H3,(H,19,26)(H,20,23)(H,24,25). The van der Waals surface area contributed by atoms with Crippen LogP contribution in [-0.4, -0.2) is 64.2 Å². The topological polar surface area (TPSA) is 125 Å². The number of aliphatic carboxylic acids is 1. The lowest BCUT2D eigenvalue weighted by atomic mass is 10.1. The number of carbonyl (C=O) groups is 4. The van der Waals surface area contributed by atoms with Crippen LogP contribution < -0.4 is 10.6 Å². The number of hydrogen-bond acceptors (Lipinski definition) is 5. The van der Waals surface area contributed by atoms with Gasteiger partial charge in [-0.05, 0) is 46.0 Å². The number of carboxylic acids is 1. The van der Waals surface area contributed by atoms with Gasteiger partial charge in [0.25, 0.3) is 0 Å². The van der Waals surface area contributed by atoms with E-state index in [0.29, 0.717) is 32.2 Å². The summed E-state index contributed by atoms with van der Waals surface area (Å²) >= 11 is 0. The number of alkyl carbamates (subject to hydrolysis) is 1. The van der Waals surface area contributed by atoms with Gasteiger partial charge in [0, 0.05) is 6.54 Å². The second kappa shape index (κ2) is 7.74. The smallest absolute Gasteiger partial charge is 0.408 e. The third kappa shape index (κ3) is 4.90. The molecule has 3 unspecified atom stereocenters. The lowest BCUT2D eigenvalue weighted by molar-refractivity contribution is -0.145. The first-order valence-corrected chi connectivity index (χ1v) is 9.32. The Hall–Kier alpha value is -2.32. The van der Waals surface area contributed by atoms with Crippen molar-refractivity contribution in [3.8, 4) is 0 Å². The van der Waals surface area contributed by atoms with Crippen molar-refractivity contribution in [1.82, 2.24) is 15.5 Å². The van der Waals surface area contributed by atoms with Crippen molar-refractivity contribution < 1.29 is 29.0 Å². The fourth-order valence-corrected chi connectivity index (χ4v) is 3.50. The van der Waals surface area contributed by atoms with Crippen molar-refractivity contribution in [2.75, 3.05) is 13.1 Å². The highest BCUT2D eigenvalue weighted by molar-refractivity contribution is 5.95. The van der Waals surface area contributed by atoms with E-state index in [0.717, 1.165) is 0 Å². The van der Waals surface area contributed by atoms with Gasteiger partial charge in [-0.1, -0.05) is 13.3 Å². The summed E-state index contributed by atoms with van der Waals surface area (Å²) in [4.78, 5) is 49.7. The fraction of sp³-hybridized carbons (Fsp3) is 0.778. The molecule has 0 bridgehead atoms. The molecule has 27 heavy (non-hydrogen) atoms. The van der Waals surface area contributed by atoms with Crippen LogP contribution in [0.1, 0.15) is 53.4 Å². The average molecular weight is 383 g/mol. The number of amides is 3. The van der Waals surface area contributed by atoms with E-state index < -0.39 is 41.1 Å². The van der Waals surface area contributed by atoms with Crippen molar-refractivity contribution in [3.63, 3.8) is 0 Å². The summed E-state index contributed by atoms with van der Waals surface area (Å²) in [6, 6.07) is -0.715. The molecule has 0 radical (unpaired) electrons. The van der Waals surface area contributed by atoms with Crippen LogP contribution in [0.2, 0.25) is 0 Å². The molecule has 1 saturated heterocycles. The monoisotopic (exact) mass is 383 g/mol.